The number of hydrogen-bond acceptors (Lipinski definition) is 5. The van der Waals surface area contributed by atoms with Crippen molar-refractivity contribution in [2.75, 3.05) is 43.0 Å². The molecule has 8 nitrogen and oxygen atoms in total. The lowest BCUT2D eigenvalue weighted by atomic mass is 10.0. The third kappa shape index (κ3) is 4.61. The zero-order valence-corrected chi connectivity index (χ0v) is 19.2. The molecule has 0 unspecified atom stereocenters. The molecule has 1 fully saturated rings. The maximum atomic E-state index is 13.4. The average molecular weight is 459 g/mol. The van der Waals surface area contributed by atoms with Gasteiger partial charge in [0.25, 0.3) is 11.6 Å². The number of anilines is 2. The first-order valence-electron chi connectivity index (χ1n) is 11.1. The van der Waals surface area contributed by atoms with Gasteiger partial charge in [-0.25, -0.2) is 0 Å². The lowest BCUT2D eigenvalue weighted by Gasteiger charge is -2.35. The molecule has 0 bridgehead atoms. The molecule has 1 aliphatic rings. The Morgan fingerprint density at radius 2 is 1.56 bits per heavy atom. The van der Waals surface area contributed by atoms with Crippen LogP contribution in [-0.2, 0) is 4.79 Å². The molecule has 0 atom stereocenters. The van der Waals surface area contributed by atoms with Crippen LogP contribution in [0.1, 0.15) is 17.3 Å². The van der Waals surface area contributed by atoms with Crippen LogP contribution in [0.3, 0.4) is 0 Å². The normalized spacial score (nSPS) is 13.5. The molecular weight excluding hydrogens is 432 g/mol. The van der Waals surface area contributed by atoms with Gasteiger partial charge in [-0.3, -0.25) is 19.7 Å². The summed E-state index contributed by atoms with van der Waals surface area (Å²) in [6.45, 7) is 3.53. The average Bonchev–Trinajstić information content (AvgIpc) is 2.88. The summed E-state index contributed by atoms with van der Waals surface area (Å²) in [7, 11) is 1.67. The van der Waals surface area contributed by atoms with Gasteiger partial charge in [0, 0.05) is 57.3 Å². The van der Waals surface area contributed by atoms with Crippen LogP contribution in [-0.4, -0.2) is 54.9 Å². The van der Waals surface area contributed by atoms with Gasteiger partial charge in [0.15, 0.2) is 0 Å². The second kappa shape index (κ2) is 9.74. The van der Waals surface area contributed by atoms with Gasteiger partial charge in [-0.15, -0.1) is 0 Å². The third-order valence-corrected chi connectivity index (χ3v) is 6.14. The van der Waals surface area contributed by atoms with Crippen molar-refractivity contribution < 1.29 is 14.5 Å². The second-order valence-corrected chi connectivity index (χ2v) is 8.20. The minimum Gasteiger partial charge on any atom is -0.362 e. The fourth-order valence-electron chi connectivity index (χ4n) is 4.26. The Morgan fingerprint density at radius 1 is 0.912 bits per heavy atom. The highest BCUT2D eigenvalue weighted by Crippen LogP contribution is 2.33. The minimum absolute atomic E-state index is 0.00563. The fourth-order valence-corrected chi connectivity index (χ4v) is 4.26. The number of hydrogen-bond donors (Lipinski definition) is 0. The first-order valence-corrected chi connectivity index (χ1v) is 11.1. The third-order valence-electron chi connectivity index (χ3n) is 6.14. The lowest BCUT2D eigenvalue weighted by Crippen LogP contribution is -2.48. The maximum absolute atomic E-state index is 13.4. The van der Waals surface area contributed by atoms with Gasteiger partial charge in [0.05, 0.1) is 10.6 Å². The molecule has 0 radical (unpaired) electrons. The number of para-hydroxylation sites is 1. The highest BCUT2D eigenvalue weighted by Gasteiger charge is 2.27. The van der Waals surface area contributed by atoms with E-state index in [9.17, 15) is 19.7 Å². The SMILES string of the molecule is CC(=O)N1CCN(c2ccc(C(=O)N(C)c3ccccc3-c3ccccc3)cc2[N+](=O)[O-])CC1. The summed E-state index contributed by atoms with van der Waals surface area (Å²) in [5, 5.41) is 11.9. The van der Waals surface area contributed by atoms with E-state index in [-0.39, 0.29) is 23.1 Å². The van der Waals surface area contributed by atoms with Crippen LogP contribution in [0, 0.1) is 10.1 Å². The van der Waals surface area contributed by atoms with Crippen molar-refractivity contribution in [1.29, 1.82) is 0 Å². The first-order chi connectivity index (χ1) is 16.4. The predicted octanol–water partition coefficient (Wildman–Crippen LogP) is 4.21. The summed E-state index contributed by atoms with van der Waals surface area (Å²) in [6, 6.07) is 21.9. The van der Waals surface area contributed by atoms with E-state index in [1.807, 2.05) is 59.5 Å². The number of carbonyl (C=O) groups excluding carboxylic acids is 2. The Labute approximate surface area is 198 Å². The van der Waals surface area contributed by atoms with E-state index in [0.29, 0.717) is 37.6 Å². The van der Waals surface area contributed by atoms with Crippen LogP contribution in [0.2, 0.25) is 0 Å². The second-order valence-electron chi connectivity index (χ2n) is 8.20. The van der Waals surface area contributed by atoms with Gasteiger partial charge in [0.2, 0.25) is 5.91 Å². The van der Waals surface area contributed by atoms with Crippen LogP contribution in [0.15, 0.2) is 72.8 Å². The Morgan fingerprint density at radius 3 is 2.21 bits per heavy atom. The molecule has 1 heterocycles. The van der Waals surface area contributed by atoms with Gasteiger partial charge >= 0.3 is 0 Å². The Bertz CT molecular complexity index is 1220. The van der Waals surface area contributed by atoms with Gasteiger partial charge < -0.3 is 14.7 Å². The van der Waals surface area contributed by atoms with E-state index in [1.165, 1.54) is 17.9 Å². The molecule has 0 saturated carbocycles. The van der Waals surface area contributed by atoms with Crippen LogP contribution >= 0.6 is 0 Å². The molecule has 3 aromatic rings. The lowest BCUT2D eigenvalue weighted by molar-refractivity contribution is -0.384. The van der Waals surface area contributed by atoms with Gasteiger partial charge in [0.1, 0.15) is 5.69 Å². The zero-order chi connectivity index (χ0) is 24.2. The van der Waals surface area contributed by atoms with Crippen molar-refractivity contribution in [2.45, 2.75) is 6.92 Å². The number of nitrogens with zero attached hydrogens (tertiary/aromatic N) is 4. The standard InChI is InChI=1S/C26H26N4O4/c1-19(31)28-14-16-29(17-15-28)24-13-12-21(18-25(24)30(33)34)26(32)27(2)23-11-7-6-10-22(23)20-8-4-3-5-9-20/h3-13,18H,14-17H2,1-2H3. The van der Waals surface area contributed by atoms with E-state index < -0.39 is 4.92 Å². The van der Waals surface area contributed by atoms with Crippen LogP contribution in [0.25, 0.3) is 11.1 Å². The first kappa shape index (κ1) is 23.0. The highest BCUT2D eigenvalue weighted by atomic mass is 16.6. The van der Waals surface area contributed by atoms with E-state index in [0.717, 1.165) is 11.1 Å². The molecule has 0 aromatic heterocycles. The van der Waals surface area contributed by atoms with Crippen LogP contribution < -0.4 is 9.80 Å². The predicted molar refractivity (Wildman–Crippen MR) is 132 cm³/mol. The van der Waals surface area contributed by atoms with Crippen LogP contribution in [0.4, 0.5) is 17.1 Å². The number of piperazine rings is 1. The van der Waals surface area contributed by atoms with E-state index in [2.05, 4.69) is 0 Å². The van der Waals surface area contributed by atoms with Gasteiger partial charge in [-0.05, 0) is 23.8 Å². The fraction of sp³-hybridized carbons (Fsp3) is 0.231. The Balaban J connectivity index is 1.62. The molecular formula is C26H26N4O4. The van der Waals surface area contributed by atoms with Crippen LogP contribution in [0.5, 0.6) is 0 Å². The molecule has 8 heteroatoms. The molecule has 1 aliphatic heterocycles. The summed E-state index contributed by atoms with van der Waals surface area (Å²) < 4.78 is 0. The zero-order valence-electron chi connectivity index (χ0n) is 19.2. The van der Waals surface area contributed by atoms with Crippen molar-refractivity contribution >= 4 is 28.9 Å². The largest absolute Gasteiger partial charge is 0.362 e. The monoisotopic (exact) mass is 458 g/mol. The number of rotatable bonds is 5. The molecule has 0 aliphatic carbocycles. The van der Waals surface area contributed by atoms with Gasteiger partial charge in [-0.1, -0.05) is 48.5 Å². The topological polar surface area (TPSA) is 87.0 Å². The van der Waals surface area contributed by atoms with Gasteiger partial charge in [-0.2, -0.15) is 0 Å². The highest BCUT2D eigenvalue weighted by molar-refractivity contribution is 6.08. The maximum Gasteiger partial charge on any atom is 0.293 e. The number of nitro groups is 1. The van der Waals surface area contributed by atoms with Crippen molar-refractivity contribution in [1.82, 2.24) is 4.90 Å². The molecule has 34 heavy (non-hydrogen) atoms. The Kier molecular flexibility index (Phi) is 6.58. The quantitative estimate of drug-likeness (QED) is 0.422. The molecule has 0 N–H and O–H groups in total. The molecule has 174 valence electrons. The summed E-state index contributed by atoms with van der Waals surface area (Å²) in [5.41, 5.74) is 3.16. The summed E-state index contributed by atoms with van der Waals surface area (Å²) in [4.78, 5) is 41.5. The summed E-state index contributed by atoms with van der Waals surface area (Å²) in [6.07, 6.45) is 0. The molecule has 2 amide bonds. The molecule has 4 rings (SSSR count). The van der Waals surface area contributed by atoms with Crippen molar-refractivity contribution in [3.05, 3.63) is 88.5 Å². The molecule has 1 saturated heterocycles. The van der Waals surface area contributed by atoms with E-state index in [1.54, 1.807) is 24.1 Å². The van der Waals surface area contributed by atoms with E-state index >= 15 is 0 Å². The number of amides is 2. The number of nitro benzene ring substituents is 1. The summed E-state index contributed by atoms with van der Waals surface area (Å²) >= 11 is 0. The minimum atomic E-state index is -0.457. The Hall–Kier alpha value is -4.20. The smallest absolute Gasteiger partial charge is 0.293 e. The number of carbonyl (C=O) groups is 2. The van der Waals surface area contributed by atoms with E-state index in [4.69, 9.17) is 0 Å². The molecule has 0 spiro atoms. The van der Waals surface area contributed by atoms with Crippen molar-refractivity contribution in [2.24, 2.45) is 0 Å². The number of benzene rings is 3. The van der Waals surface area contributed by atoms with Crippen molar-refractivity contribution in [3.63, 3.8) is 0 Å². The molecule has 3 aromatic carbocycles. The van der Waals surface area contributed by atoms with Crippen molar-refractivity contribution in [3.8, 4) is 11.1 Å². The summed E-state index contributed by atoms with van der Waals surface area (Å²) in [5.74, 6) is -0.339.